The summed E-state index contributed by atoms with van der Waals surface area (Å²) in [5, 5.41) is 8.10. The Morgan fingerprint density at radius 3 is 2.48 bits per heavy atom. The van der Waals surface area contributed by atoms with Crippen molar-refractivity contribution in [2.45, 2.75) is 20.0 Å². The van der Waals surface area contributed by atoms with E-state index in [1.165, 1.54) is 10.6 Å². The zero-order chi connectivity index (χ0) is 21.4. The van der Waals surface area contributed by atoms with Crippen molar-refractivity contribution < 1.29 is 21.6 Å². The van der Waals surface area contributed by atoms with E-state index in [1.807, 2.05) is 11.8 Å². The second-order valence-corrected chi connectivity index (χ2v) is 8.64. The highest BCUT2D eigenvalue weighted by molar-refractivity contribution is 7.95. The molecular weight excluding hydrogens is 407 g/mol. The van der Waals surface area contributed by atoms with E-state index in [2.05, 4.69) is 15.2 Å². The summed E-state index contributed by atoms with van der Waals surface area (Å²) >= 11 is 0. The molecule has 0 bridgehead atoms. The van der Waals surface area contributed by atoms with Gasteiger partial charge in [-0.15, -0.1) is 10.2 Å². The number of pyridine rings is 1. The van der Waals surface area contributed by atoms with Gasteiger partial charge in [-0.05, 0) is 25.1 Å². The normalized spacial score (nSPS) is 15.3. The molecule has 0 aromatic carbocycles. The van der Waals surface area contributed by atoms with E-state index in [4.69, 9.17) is 0 Å². The molecule has 3 rings (SSSR count). The molecule has 2 aromatic rings. The Balaban J connectivity index is 2.19. The average molecular weight is 427 g/mol. The fraction of sp³-hybridized carbons (Fsp3) is 0.389. The minimum atomic E-state index is -4.52. The van der Waals surface area contributed by atoms with Gasteiger partial charge in [0.1, 0.15) is 11.4 Å². The molecule has 0 radical (unpaired) electrons. The highest BCUT2D eigenvalue weighted by Crippen LogP contribution is 2.33. The second-order valence-electron chi connectivity index (χ2n) is 6.39. The summed E-state index contributed by atoms with van der Waals surface area (Å²) in [6.45, 7) is 4.43. The first-order chi connectivity index (χ1) is 13.6. The molecule has 0 unspecified atom stereocenters. The average Bonchev–Trinajstić information content (AvgIpc) is 3.07. The number of hydrogen-bond acceptors (Lipinski definition) is 6. The fourth-order valence-electron chi connectivity index (χ4n) is 3.05. The number of alkyl halides is 3. The molecule has 0 fully saturated rings. The Kier molecular flexibility index (Phi) is 5.52. The molecular formula is C18H20F3N5O2S. The molecule has 1 aliphatic heterocycles. The van der Waals surface area contributed by atoms with Gasteiger partial charge in [0.15, 0.2) is 21.5 Å². The quantitative estimate of drug-likeness (QED) is 0.730. The Morgan fingerprint density at radius 1 is 1.17 bits per heavy atom. The summed E-state index contributed by atoms with van der Waals surface area (Å²) in [6, 6.07) is 1.77. The summed E-state index contributed by atoms with van der Waals surface area (Å²) in [6.07, 6.45) is -0.171. The van der Waals surface area contributed by atoms with Crippen molar-refractivity contribution in [3.8, 4) is 11.5 Å². The van der Waals surface area contributed by atoms with E-state index >= 15 is 0 Å². The van der Waals surface area contributed by atoms with Gasteiger partial charge in [0.25, 0.3) is 0 Å². The fourth-order valence-corrected chi connectivity index (χ4v) is 4.18. The zero-order valence-electron chi connectivity index (χ0n) is 16.1. The molecule has 2 aromatic heterocycles. The van der Waals surface area contributed by atoms with Crippen LogP contribution in [0.3, 0.4) is 0 Å². The summed E-state index contributed by atoms with van der Waals surface area (Å²) < 4.78 is 65.8. The van der Waals surface area contributed by atoms with Gasteiger partial charge in [0.05, 0.1) is 16.2 Å². The number of aromatic nitrogens is 4. The highest BCUT2D eigenvalue weighted by atomic mass is 32.2. The molecule has 3 heterocycles. The number of likely N-dealkylation sites (N-methyl/N-ethyl adjacent to an activating group) is 1. The molecule has 0 saturated heterocycles. The van der Waals surface area contributed by atoms with E-state index in [0.29, 0.717) is 18.8 Å². The van der Waals surface area contributed by atoms with Crippen LogP contribution in [0, 0.1) is 0 Å². The van der Waals surface area contributed by atoms with Crippen LogP contribution in [-0.2, 0) is 23.1 Å². The van der Waals surface area contributed by atoms with E-state index in [-0.39, 0.29) is 28.0 Å². The first-order valence-electron chi connectivity index (χ1n) is 8.92. The molecule has 1 aliphatic rings. The monoisotopic (exact) mass is 427 g/mol. The number of allylic oxidation sites excluding steroid dienone is 1. The third-order valence-electron chi connectivity index (χ3n) is 4.64. The maximum absolute atomic E-state index is 13.0. The van der Waals surface area contributed by atoms with Crippen molar-refractivity contribution in [3.05, 3.63) is 46.8 Å². The van der Waals surface area contributed by atoms with Gasteiger partial charge in [-0.25, -0.2) is 8.42 Å². The standard InChI is InChI=1S/C18H20F3N5O2S/c1-4-26-10-6-7-14(29(27,28)5-2)15(26)17-24-23-16(25(17)3)13-11-12(8-9-22-13)18(19,20)21/h6-9,11H,4-5,10H2,1-3H3. The highest BCUT2D eigenvalue weighted by Gasteiger charge is 2.32. The van der Waals surface area contributed by atoms with E-state index in [9.17, 15) is 21.6 Å². The maximum atomic E-state index is 13.0. The Labute approximate surface area is 166 Å². The molecule has 7 nitrogen and oxygen atoms in total. The maximum Gasteiger partial charge on any atom is 0.416 e. The van der Waals surface area contributed by atoms with Gasteiger partial charge >= 0.3 is 6.18 Å². The van der Waals surface area contributed by atoms with Gasteiger partial charge in [-0.3, -0.25) is 4.98 Å². The lowest BCUT2D eigenvalue weighted by atomic mass is 10.2. The minimum Gasteiger partial charge on any atom is -0.364 e. The van der Waals surface area contributed by atoms with Crippen molar-refractivity contribution in [3.63, 3.8) is 0 Å². The lowest BCUT2D eigenvalue weighted by Crippen LogP contribution is -2.29. The van der Waals surface area contributed by atoms with Crippen LogP contribution in [0.2, 0.25) is 0 Å². The topological polar surface area (TPSA) is 81.0 Å². The Bertz CT molecular complexity index is 1090. The summed E-state index contributed by atoms with van der Waals surface area (Å²) in [4.78, 5) is 5.93. The van der Waals surface area contributed by atoms with Crippen LogP contribution in [0.4, 0.5) is 13.2 Å². The van der Waals surface area contributed by atoms with Crippen LogP contribution in [0.5, 0.6) is 0 Å². The third-order valence-corrected chi connectivity index (χ3v) is 6.40. The van der Waals surface area contributed by atoms with Crippen molar-refractivity contribution in [1.82, 2.24) is 24.6 Å². The lowest BCUT2D eigenvalue weighted by Gasteiger charge is -2.28. The number of halogens is 3. The predicted octanol–water partition coefficient (Wildman–Crippen LogP) is 2.89. The SMILES string of the molecule is CCN1CC=CC(S(=O)(=O)CC)=C1c1nnc(-c2cc(C(F)(F)F)ccn2)n1C. The van der Waals surface area contributed by atoms with Gasteiger partial charge < -0.3 is 9.47 Å². The molecule has 0 aliphatic carbocycles. The number of sulfone groups is 1. The number of nitrogens with zero attached hydrogens (tertiary/aromatic N) is 5. The molecule has 0 saturated carbocycles. The second kappa shape index (κ2) is 7.62. The van der Waals surface area contributed by atoms with Crippen LogP contribution >= 0.6 is 0 Å². The molecule has 0 atom stereocenters. The molecule has 29 heavy (non-hydrogen) atoms. The smallest absolute Gasteiger partial charge is 0.364 e. The van der Waals surface area contributed by atoms with Crippen molar-refractivity contribution >= 4 is 15.5 Å². The summed E-state index contributed by atoms with van der Waals surface area (Å²) in [5.41, 5.74) is -0.475. The van der Waals surface area contributed by atoms with Crippen molar-refractivity contribution in [2.24, 2.45) is 7.05 Å². The number of hydrogen-bond donors (Lipinski definition) is 0. The van der Waals surface area contributed by atoms with E-state index in [0.717, 1.165) is 18.3 Å². The van der Waals surface area contributed by atoms with Gasteiger partial charge in [0.2, 0.25) is 0 Å². The number of rotatable bonds is 5. The van der Waals surface area contributed by atoms with Gasteiger partial charge in [0, 0.05) is 26.3 Å². The first-order valence-corrected chi connectivity index (χ1v) is 10.6. The molecule has 0 spiro atoms. The van der Waals surface area contributed by atoms with Gasteiger partial charge in [-0.1, -0.05) is 13.0 Å². The predicted molar refractivity (Wildman–Crippen MR) is 102 cm³/mol. The lowest BCUT2D eigenvalue weighted by molar-refractivity contribution is -0.137. The third kappa shape index (κ3) is 3.91. The summed E-state index contributed by atoms with van der Waals surface area (Å²) in [5.74, 6) is 0.267. The zero-order valence-corrected chi connectivity index (χ0v) is 16.9. The van der Waals surface area contributed by atoms with Gasteiger partial charge in [-0.2, -0.15) is 13.2 Å². The summed E-state index contributed by atoms with van der Waals surface area (Å²) in [7, 11) is -1.98. The van der Waals surface area contributed by atoms with E-state index < -0.39 is 21.6 Å². The first kappa shape index (κ1) is 21.0. The Hall–Kier alpha value is -2.69. The van der Waals surface area contributed by atoms with Crippen LogP contribution < -0.4 is 0 Å². The molecule has 156 valence electrons. The molecule has 0 N–H and O–H groups in total. The van der Waals surface area contributed by atoms with Crippen molar-refractivity contribution in [1.29, 1.82) is 0 Å². The van der Waals surface area contributed by atoms with Crippen LogP contribution in [0.15, 0.2) is 35.4 Å². The van der Waals surface area contributed by atoms with Crippen molar-refractivity contribution in [2.75, 3.05) is 18.8 Å². The molecule has 11 heteroatoms. The largest absolute Gasteiger partial charge is 0.416 e. The van der Waals surface area contributed by atoms with Crippen LogP contribution in [0.25, 0.3) is 17.2 Å². The minimum absolute atomic E-state index is 0.00373. The van der Waals surface area contributed by atoms with E-state index in [1.54, 1.807) is 20.0 Å². The van der Waals surface area contributed by atoms with Crippen LogP contribution in [0.1, 0.15) is 25.2 Å². The molecule has 0 amide bonds. The van der Waals surface area contributed by atoms with Crippen LogP contribution in [-0.4, -0.2) is 51.9 Å². The Morgan fingerprint density at radius 2 is 1.86 bits per heavy atom.